The smallest absolute Gasteiger partial charge is 0.253 e. The van der Waals surface area contributed by atoms with Gasteiger partial charge in [-0.3, -0.25) is 9.59 Å². The van der Waals surface area contributed by atoms with Crippen molar-refractivity contribution in [2.45, 2.75) is 0 Å². The average molecular weight is 407 g/mol. The second-order valence-electron chi connectivity index (χ2n) is 6.13. The van der Waals surface area contributed by atoms with Crippen LogP contribution in [0.25, 0.3) is 6.08 Å². The molecule has 1 aliphatic heterocycles. The predicted molar refractivity (Wildman–Crippen MR) is 104 cm³/mol. The molecule has 2 amide bonds. The Morgan fingerprint density at radius 3 is 2.15 bits per heavy atom. The van der Waals surface area contributed by atoms with E-state index in [1.807, 2.05) is 0 Å². The maximum Gasteiger partial charge on any atom is 0.253 e. The fourth-order valence-corrected chi connectivity index (χ4v) is 3.10. The van der Waals surface area contributed by atoms with Gasteiger partial charge in [-0.25, -0.2) is 4.39 Å². The minimum atomic E-state index is -0.379. The summed E-state index contributed by atoms with van der Waals surface area (Å²) in [5, 5.41) is 0.890. The summed E-state index contributed by atoms with van der Waals surface area (Å²) in [5.74, 6) is -0.667. The highest BCUT2D eigenvalue weighted by molar-refractivity contribution is 6.42. The molecule has 27 heavy (non-hydrogen) atoms. The number of halogens is 3. The zero-order valence-corrected chi connectivity index (χ0v) is 15.9. The van der Waals surface area contributed by atoms with Crippen LogP contribution in [0, 0.1) is 5.82 Å². The summed E-state index contributed by atoms with van der Waals surface area (Å²) in [6, 6.07) is 10.6. The molecule has 0 bridgehead atoms. The Kier molecular flexibility index (Phi) is 6.14. The van der Waals surface area contributed by atoms with E-state index < -0.39 is 0 Å². The number of amides is 2. The first-order valence-corrected chi connectivity index (χ1v) is 9.16. The molecule has 2 aromatic rings. The Hall–Kier alpha value is -2.37. The molecule has 3 rings (SSSR count). The van der Waals surface area contributed by atoms with E-state index in [1.165, 1.54) is 30.3 Å². The lowest BCUT2D eigenvalue weighted by Gasteiger charge is -2.34. The number of nitrogens with zero attached hydrogens (tertiary/aromatic N) is 2. The molecule has 0 radical (unpaired) electrons. The van der Waals surface area contributed by atoms with Crippen LogP contribution in [-0.4, -0.2) is 47.8 Å². The van der Waals surface area contributed by atoms with Gasteiger partial charge in [-0.15, -0.1) is 0 Å². The van der Waals surface area contributed by atoms with Crippen LogP contribution in [0.1, 0.15) is 15.9 Å². The van der Waals surface area contributed by atoms with Crippen molar-refractivity contribution in [2.75, 3.05) is 26.2 Å². The molecule has 140 valence electrons. The number of carbonyl (C=O) groups excluding carboxylic acids is 2. The standard InChI is InChI=1S/C20H17Cl2FN2O2/c21-17-7-1-14(13-18(17)22)2-8-19(26)24-9-11-25(12-10-24)20(27)15-3-5-16(23)6-4-15/h1-8,13H,9-12H2. The SMILES string of the molecule is O=C(C=Cc1ccc(Cl)c(Cl)c1)N1CCN(C(=O)c2ccc(F)cc2)CC1. The van der Waals surface area contributed by atoms with Gasteiger partial charge in [0.15, 0.2) is 0 Å². The molecule has 4 nitrogen and oxygen atoms in total. The minimum Gasteiger partial charge on any atom is -0.336 e. The van der Waals surface area contributed by atoms with Crippen molar-refractivity contribution in [3.05, 3.63) is 75.5 Å². The normalized spacial score (nSPS) is 14.6. The van der Waals surface area contributed by atoms with Crippen LogP contribution in [0.4, 0.5) is 4.39 Å². The molecule has 7 heteroatoms. The topological polar surface area (TPSA) is 40.6 Å². The number of piperazine rings is 1. The molecule has 0 unspecified atom stereocenters. The Bertz CT molecular complexity index is 876. The van der Waals surface area contributed by atoms with Gasteiger partial charge in [0.05, 0.1) is 10.0 Å². The van der Waals surface area contributed by atoms with Crippen molar-refractivity contribution in [2.24, 2.45) is 0 Å². The zero-order chi connectivity index (χ0) is 19.4. The van der Waals surface area contributed by atoms with Crippen LogP contribution in [-0.2, 0) is 4.79 Å². The van der Waals surface area contributed by atoms with Gasteiger partial charge in [0.25, 0.3) is 5.91 Å². The molecule has 0 spiro atoms. The van der Waals surface area contributed by atoms with Crippen LogP contribution in [0.3, 0.4) is 0 Å². The van der Waals surface area contributed by atoms with Crippen molar-refractivity contribution in [3.8, 4) is 0 Å². The predicted octanol–water partition coefficient (Wildman–Crippen LogP) is 4.13. The number of rotatable bonds is 3. The summed E-state index contributed by atoms with van der Waals surface area (Å²) in [6.07, 6.45) is 3.16. The van der Waals surface area contributed by atoms with Crippen LogP contribution in [0.15, 0.2) is 48.5 Å². The minimum absolute atomic E-state index is 0.130. The summed E-state index contributed by atoms with van der Waals surface area (Å²) in [6.45, 7) is 1.75. The van der Waals surface area contributed by atoms with E-state index >= 15 is 0 Å². The molecule has 0 atom stereocenters. The highest BCUT2D eigenvalue weighted by atomic mass is 35.5. The van der Waals surface area contributed by atoms with Crippen molar-refractivity contribution in [1.29, 1.82) is 0 Å². The maximum absolute atomic E-state index is 13.0. The second-order valence-corrected chi connectivity index (χ2v) is 6.95. The zero-order valence-electron chi connectivity index (χ0n) is 14.4. The van der Waals surface area contributed by atoms with Gasteiger partial charge in [-0.2, -0.15) is 0 Å². The fraction of sp³-hybridized carbons (Fsp3) is 0.200. The third-order valence-electron chi connectivity index (χ3n) is 4.33. The third kappa shape index (κ3) is 4.87. The first kappa shape index (κ1) is 19.4. The summed E-state index contributed by atoms with van der Waals surface area (Å²) < 4.78 is 13.0. The van der Waals surface area contributed by atoms with E-state index in [0.29, 0.717) is 41.8 Å². The Morgan fingerprint density at radius 2 is 1.52 bits per heavy atom. The van der Waals surface area contributed by atoms with Crippen LogP contribution < -0.4 is 0 Å². The third-order valence-corrected chi connectivity index (χ3v) is 5.07. The molecular weight excluding hydrogens is 390 g/mol. The highest BCUT2D eigenvalue weighted by Crippen LogP contribution is 2.23. The van der Waals surface area contributed by atoms with E-state index in [2.05, 4.69) is 0 Å². The summed E-state index contributed by atoms with van der Waals surface area (Å²) in [7, 11) is 0. The van der Waals surface area contributed by atoms with Crippen molar-refractivity contribution >= 4 is 41.1 Å². The van der Waals surface area contributed by atoms with Gasteiger partial charge in [0, 0.05) is 37.8 Å². The molecular formula is C20H17Cl2FN2O2. The van der Waals surface area contributed by atoms with Gasteiger partial charge >= 0.3 is 0 Å². The van der Waals surface area contributed by atoms with Gasteiger partial charge in [-0.05, 0) is 48.0 Å². The van der Waals surface area contributed by atoms with Crippen molar-refractivity contribution in [1.82, 2.24) is 9.80 Å². The summed E-state index contributed by atoms with van der Waals surface area (Å²) in [4.78, 5) is 28.1. The Balaban J connectivity index is 1.55. The van der Waals surface area contributed by atoms with Gasteiger partial charge in [0.2, 0.25) is 5.91 Å². The van der Waals surface area contributed by atoms with Gasteiger partial charge in [0.1, 0.15) is 5.82 Å². The molecule has 1 fully saturated rings. The lowest BCUT2D eigenvalue weighted by molar-refractivity contribution is -0.127. The molecule has 0 N–H and O–H groups in total. The van der Waals surface area contributed by atoms with E-state index in [-0.39, 0.29) is 17.6 Å². The van der Waals surface area contributed by atoms with Gasteiger partial charge < -0.3 is 9.80 Å². The second kappa shape index (κ2) is 8.55. The summed E-state index contributed by atoms with van der Waals surface area (Å²) >= 11 is 11.8. The highest BCUT2D eigenvalue weighted by Gasteiger charge is 2.23. The fourth-order valence-electron chi connectivity index (χ4n) is 2.79. The number of benzene rings is 2. The maximum atomic E-state index is 13.0. The lowest BCUT2D eigenvalue weighted by atomic mass is 10.1. The van der Waals surface area contributed by atoms with E-state index in [4.69, 9.17) is 23.2 Å². The molecule has 2 aromatic carbocycles. The largest absolute Gasteiger partial charge is 0.336 e. The number of hydrogen-bond donors (Lipinski definition) is 0. The quantitative estimate of drug-likeness (QED) is 0.718. The first-order chi connectivity index (χ1) is 12.9. The molecule has 0 aromatic heterocycles. The van der Waals surface area contributed by atoms with Crippen LogP contribution in [0.5, 0.6) is 0 Å². The van der Waals surface area contributed by atoms with E-state index in [9.17, 15) is 14.0 Å². The average Bonchev–Trinajstić information content (AvgIpc) is 2.69. The molecule has 1 heterocycles. The number of hydrogen-bond acceptors (Lipinski definition) is 2. The molecule has 0 saturated carbocycles. The van der Waals surface area contributed by atoms with Crippen LogP contribution in [0.2, 0.25) is 10.0 Å². The number of carbonyl (C=O) groups is 2. The van der Waals surface area contributed by atoms with Crippen LogP contribution >= 0.6 is 23.2 Å². The van der Waals surface area contributed by atoms with Crippen molar-refractivity contribution < 1.29 is 14.0 Å². The molecule has 1 aliphatic rings. The Labute approximate surface area is 166 Å². The first-order valence-electron chi connectivity index (χ1n) is 8.41. The van der Waals surface area contributed by atoms with Crippen molar-refractivity contribution in [3.63, 3.8) is 0 Å². The lowest BCUT2D eigenvalue weighted by Crippen LogP contribution is -2.50. The monoisotopic (exact) mass is 406 g/mol. The molecule has 1 saturated heterocycles. The molecule has 0 aliphatic carbocycles. The van der Waals surface area contributed by atoms with Gasteiger partial charge in [-0.1, -0.05) is 29.3 Å². The Morgan fingerprint density at radius 1 is 0.889 bits per heavy atom. The van der Waals surface area contributed by atoms with E-state index in [0.717, 1.165) is 5.56 Å². The summed E-state index contributed by atoms with van der Waals surface area (Å²) in [5.41, 5.74) is 1.22. The van der Waals surface area contributed by atoms with E-state index in [1.54, 1.807) is 34.1 Å².